The summed E-state index contributed by atoms with van der Waals surface area (Å²) in [6.07, 6.45) is 0.0757. The van der Waals surface area contributed by atoms with Crippen molar-refractivity contribution in [2.24, 2.45) is 5.73 Å². The number of hydrogen-bond acceptors (Lipinski definition) is 3. The van der Waals surface area contributed by atoms with Crippen molar-refractivity contribution < 1.29 is 14.3 Å². The number of ether oxygens (including phenoxy) is 1. The SMILES string of the molecule is CC(Oc1ccc(Cl)cc1Br)C(=O)N(CCC(N)=O)CCc1ccccc1. The minimum atomic E-state index is -0.717. The highest BCUT2D eigenvalue weighted by molar-refractivity contribution is 9.10. The molecule has 0 aliphatic carbocycles. The van der Waals surface area contributed by atoms with Crippen LogP contribution in [0.4, 0.5) is 0 Å². The molecule has 2 amide bonds. The van der Waals surface area contributed by atoms with Crippen LogP contribution in [0.25, 0.3) is 0 Å². The number of rotatable bonds is 9. The van der Waals surface area contributed by atoms with Crippen LogP contribution in [0.5, 0.6) is 5.75 Å². The molecule has 1 atom stereocenters. The van der Waals surface area contributed by atoms with Crippen LogP contribution >= 0.6 is 27.5 Å². The number of halogens is 2. The van der Waals surface area contributed by atoms with Gasteiger partial charge >= 0.3 is 0 Å². The zero-order valence-corrected chi connectivity index (χ0v) is 17.4. The van der Waals surface area contributed by atoms with E-state index in [4.69, 9.17) is 22.1 Å². The largest absolute Gasteiger partial charge is 0.480 e. The molecule has 0 bridgehead atoms. The molecule has 0 saturated carbocycles. The standard InChI is InChI=1S/C20H22BrClN2O3/c1-14(27-18-8-7-16(22)13-17(18)21)20(26)24(12-10-19(23)25)11-9-15-5-3-2-4-6-15/h2-8,13-14H,9-12H2,1H3,(H2,23,25). The van der Waals surface area contributed by atoms with Gasteiger partial charge in [0.05, 0.1) is 4.47 Å². The van der Waals surface area contributed by atoms with Crippen LogP contribution in [-0.4, -0.2) is 35.9 Å². The predicted molar refractivity (Wildman–Crippen MR) is 110 cm³/mol. The Balaban J connectivity index is 2.05. The van der Waals surface area contributed by atoms with Gasteiger partial charge in [-0.3, -0.25) is 9.59 Å². The first-order valence-corrected chi connectivity index (χ1v) is 9.76. The molecular weight excluding hydrogens is 432 g/mol. The second-order valence-electron chi connectivity index (χ2n) is 6.11. The lowest BCUT2D eigenvalue weighted by molar-refractivity contribution is -0.138. The third-order valence-corrected chi connectivity index (χ3v) is 4.85. The van der Waals surface area contributed by atoms with Gasteiger partial charge in [-0.25, -0.2) is 0 Å². The summed E-state index contributed by atoms with van der Waals surface area (Å²) in [4.78, 5) is 25.7. The van der Waals surface area contributed by atoms with Gasteiger partial charge in [-0.1, -0.05) is 41.9 Å². The molecule has 0 heterocycles. The molecule has 0 radical (unpaired) electrons. The maximum absolute atomic E-state index is 12.9. The van der Waals surface area contributed by atoms with Crippen molar-refractivity contribution in [3.05, 3.63) is 63.6 Å². The van der Waals surface area contributed by atoms with Gasteiger partial charge in [0.25, 0.3) is 5.91 Å². The summed E-state index contributed by atoms with van der Waals surface area (Å²) in [7, 11) is 0. The third kappa shape index (κ3) is 6.88. The van der Waals surface area contributed by atoms with Crippen molar-refractivity contribution in [1.82, 2.24) is 4.90 Å². The predicted octanol–water partition coefficient (Wildman–Crippen LogP) is 3.82. The van der Waals surface area contributed by atoms with Gasteiger partial charge in [-0.15, -0.1) is 0 Å². The van der Waals surface area contributed by atoms with Gasteiger partial charge in [-0.2, -0.15) is 0 Å². The van der Waals surface area contributed by atoms with Crippen LogP contribution in [-0.2, 0) is 16.0 Å². The normalized spacial score (nSPS) is 11.7. The molecule has 2 rings (SSSR count). The molecule has 7 heteroatoms. The maximum Gasteiger partial charge on any atom is 0.263 e. The summed E-state index contributed by atoms with van der Waals surface area (Å²) in [5.41, 5.74) is 6.37. The maximum atomic E-state index is 12.9. The molecule has 0 aliphatic heterocycles. The first-order chi connectivity index (χ1) is 12.9. The quantitative estimate of drug-likeness (QED) is 0.627. The van der Waals surface area contributed by atoms with E-state index in [-0.39, 0.29) is 18.9 Å². The van der Waals surface area contributed by atoms with Gasteiger partial charge in [-0.05, 0) is 53.0 Å². The van der Waals surface area contributed by atoms with Crippen molar-refractivity contribution >= 4 is 39.3 Å². The minimum Gasteiger partial charge on any atom is -0.480 e. The number of primary amides is 1. The van der Waals surface area contributed by atoms with Gasteiger partial charge in [0.15, 0.2) is 6.10 Å². The molecule has 0 spiro atoms. The smallest absolute Gasteiger partial charge is 0.263 e. The van der Waals surface area contributed by atoms with E-state index < -0.39 is 12.0 Å². The summed E-state index contributed by atoms with van der Waals surface area (Å²) in [5, 5.41) is 0.569. The number of carbonyl (C=O) groups excluding carboxylic acids is 2. The van der Waals surface area contributed by atoms with Crippen molar-refractivity contribution in [3.63, 3.8) is 0 Å². The highest BCUT2D eigenvalue weighted by atomic mass is 79.9. The zero-order valence-electron chi connectivity index (χ0n) is 15.0. The Labute approximate surface area is 172 Å². The Kier molecular flexibility index (Phi) is 8.13. The zero-order chi connectivity index (χ0) is 19.8. The van der Waals surface area contributed by atoms with Crippen molar-refractivity contribution in [1.29, 1.82) is 0 Å². The molecule has 27 heavy (non-hydrogen) atoms. The van der Waals surface area contributed by atoms with E-state index in [0.717, 1.165) is 5.56 Å². The second-order valence-corrected chi connectivity index (χ2v) is 7.40. The number of benzene rings is 2. The number of nitrogens with zero attached hydrogens (tertiary/aromatic N) is 1. The highest BCUT2D eigenvalue weighted by Crippen LogP contribution is 2.29. The van der Waals surface area contributed by atoms with E-state index in [1.165, 1.54) is 0 Å². The molecule has 2 N–H and O–H groups in total. The van der Waals surface area contributed by atoms with Crippen LogP contribution in [0.1, 0.15) is 18.9 Å². The van der Waals surface area contributed by atoms with Crippen LogP contribution in [0.15, 0.2) is 53.0 Å². The molecule has 0 aromatic heterocycles. The van der Waals surface area contributed by atoms with E-state index >= 15 is 0 Å². The van der Waals surface area contributed by atoms with E-state index in [9.17, 15) is 9.59 Å². The first kappa shape index (κ1) is 21.3. The van der Waals surface area contributed by atoms with Gasteiger partial charge < -0.3 is 15.4 Å². The summed E-state index contributed by atoms with van der Waals surface area (Å²) in [5.74, 6) is -0.117. The van der Waals surface area contributed by atoms with Crippen LogP contribution < -0.4 is 10.5 Å². The Morgan fingerprint density at radius 2 is 1.89 bits per heavy atom. The van der Waals surface area contributed by atoms with Crippen LogP contribution in [0.2, 0.25) is 5.02 Å². The monoisotopic (exact) mass is 452 g/mol. The van der Waals surface area contributed by atoms with E-state index in [2.05, 4.69) is 15.9 Å². The molecule has 0 aliphatic rings. The van der Waals surface area contributed by atoms with Crippen molar-refractivity contribution in [3.8, 4) is 5.75 Å². The fourth-order valence-electron chi connectivity index (χ4n) is 2.55. The molecule has 144 valence electrons. The number of carbonyl (C=O) groups is 2. The Bertz CT molecular complexity index is 786. The first-order valence-electron chi connectivity index (χ1n) is 8.59. The lowest BCUT2D eigenvalue weighted by Gasteiger charge is -2.26. The van der Waals surface area contributed by atoms with E-state index in [1.54, 1.807) is 30.0 Å². The fourth-order valence-corrected chi connectivity index (χ4v) is 3.33. The molecule has 0 fully saturated rings. The highest BCUT2D eigenvalue weighted by Gasteiger charge is 2.23. The fraction of sp³-hybridized carbons (Fsp3) is 0.300. The third-order valence-electron chi connectivity index (χ3n) is 4.00. The minimum absolute atomic E-state index is 0.109. The Morgan fingerprint density at radius 1 is 1.19 bits per heavy atom. The van der Waals surface area contributed by atoms with Crippen molar-refractivity contribution in [2.45, 2.75) is 25.9 Å². The average molecular weight is 454 g/mol. The molecule has 2 aromatic rings. The van der Waals surface area contributed by atoms with Crippen LogP contribution in [0, 0.1) is 0 Å². The van der Waals surface area contributed by atoms with Gasteiger partial charge in [0, 0.05) is 24.5 Å². The molecule has 1 unspecified atom stereocenters. The Hall–Kier alpha value is -2.05. The molecule has 0 saturated heterocycles. The molecule has 5 nitrogen and oxygen atoms in total. The van der Waals surface area contributed by atoms with Gasteiger partial charge in [0.2, 0.25) is 5.91 Å². The van der Waals surface area contributed by atoms with E-state index in [0.29, 0.717) is 28.2 Å². The van der Waals surface area contributed by atoms with Crippen molar-refractivity contribution in [2.75, 3.05) is 13.1 Å². The number of amides is 2. The van der Waals surface area contributed by atoms with Crippen LogP contribution in [0.3, 0.4) is 0 Å². The lowest BCUT2D eigenvalue weighted by Crippen LogP contribution is -2.43. The second kappa shape index (κ2) is 10.3. The average Bonchev–Trinajstić information content (AvgIpc) is 2.64. The molecular formula is C20H22BrClN2O3. The topological polar surface area (TPSA) is 72.6 Å². The van der Waals surface area contributed by atoms with E-state index in [1.807, 2.05) is 30.3 Å². The van der Waals surface area contributed by atoms with Gasteiger partial charge in [0.1, 0.15) is 5.75 Å². The summed E-state index contributed by atoms with van der Waals surface area (Å²) in [6.45, 7) is 2.42. The number of nitrogens with two attached hydrogens (primary N) is 1. The summed E-state index contributed by atoms with van der Waals surface area (Å²) < 4.78 is 6.46. The molecule has 2 aromatic carbocycles. The summed E-state index contributed by atoms with van der Waals surface area (Å²) in [6, 6.07) is 15.0. The number of hydrogen-bond donors (Lipinski definition) is 1. The lowest BCUT2D eigenvalue weighted by atomic mass is 10.1. The summed E-state index contributed by atoms with van der Waals surface area (Å²) >= 11 is 9.31. The Morgan fingerprint density at radius 3 is 2.52 bits per heavy atom.